The van der Waals surface area contributed by atoms with Gasteiger partial charge in [-0.2, -0.15) is 0 Å². The van der Waals surface area contributed by atoms with Gasteiger partial charge in [0, 0.05) is 6.08 Å². The predicted molar refractivity (Wildman–Crippen MR) is 104 cm³/mol. The van der Waals surface area contributed by atoms with E-state index in [0.717, 1.165) is 28.6 Å². The standard InChI is InChI=1S/C23H19NO/c1-2-17-8-10-18(11-9-17)12-15-23-24-21-16-20(13-14-22(21)25-23)19-6-4-3-5-7-19/h3-16H,2H2,1H3/b15-12+. The van der Waals surface area contributed by atoms with Crippen LogP contribution in [0.5, 0.6) is 0 Å². The van der Waals surface area contributed by atoms with Crippen LogP contribution in [0.4, 0.5) is 0 Å². The lowest BCUT2D eigenvalue weighted by molar-refractivity contribution is 0.590. The van der Waals surface area contributed by atoms with Gasteiger partial charge >= 0.3 is 0 Å². The number of nitrogens with zero attached hydrogens (tertiary/aromatic N) is 1. The quantitative estimate of drug-likeness (QED) is 0.444. The molecule has 2 heteroatoms. The normalized spacial score (nSPS) is 11.4. The maximum atomic E-state index is 5.83. The number of aryl methyl sites for hydroxylation is 1. The molecule has 0 aliphatic carbocycles. The molecular weight excluding hydrogens is 306 g/mol. The van der Waals surface area contributed by atoms with Crippen LogP contribution in [0, 0.1) is 0 Å². The first-order chi connectivity index (χ1) is 12.3. The Bertz CT molecular complexity index is 1010. The molecule has 0 atom stereocenters. The Labute approximate surface area is 147 Å². The molecule has 0 saturated heterocycles. The summed E-state index contributed by atoms with van der Waals surface area (Å²) >= 11 is 0. The van der Waals surface area contributed by atoms with E-state index in [1.54, 1.807) is 0 Å². The van der Waals surface area contributed by atoms with Crippen LogP contribution in [0.2, 0.25) is 0 Å². The molecule has 0 saturated carbocycles. The van der Waals surface area contributed by atoms with E-state index < -0.39 is 0 Å². The number of hydrogen-bond donors (Lipinski definition) is 0. The van der Waals surface area contributed by atoms with Crippen molar-refractivity contribution >= 4 is 23.3 Å². The smallest absolute Gasteiger partial charge is 0.220 e. The van der Waals surface area contributed by atoms with Crippen molar-refractivity contribution in [2.75, 3.05) is 0 Å². The van der Waals surface area contributed by atoms with Crippen molar-refractivity contribution in [3.8, 4) is 11.1 Å². The summed E-state index contributed by atoms with van der Waals surface area (Å²) in [7, 11) is 0. The van der Waals surface area contributed by atoms with Crippen LogP contribution in [0.25, 0.3) is 34.4 Å². The summed E-state index contributed by atoms with van der Waals surface area (Å²) in [4.78, 5) is 4.59. The highest BCUT2D eigenvalue weighted by atomic mass is 16.3. The lowest BCUT2D eigenvalue weighted by Gasteiger charge is -1.99. The summed E-state index contributed by atoms with van der Waals surface area (Å²) in [6.07, 6.45) is 5.00. The van der Waals surface area contributed by atoms with E-state index in [2.05, 4.69) is 60.4 Å². The van der Waals surface area contributed by atoms with Gasteiger partial charge in [0.2, 0.25) is 5.89 Å². The Morgan fingerprint density at radius 1 is 0.840 bits per heavy atom. The summed E-state index contributed by atoms with van der Waals surface area (Å²) in [5, 5.41) is 0. The Balaban J connectivity index is 1.61. The van der Waals surface area contributed by atoms with Crippen LogP contribution in [0.1, 0.15) is 23.9 Å². The van der Waals surface area contributed by atoms with Crippen LogP contribution in [-0.2, 0) is 6.42 Å². The third-order valence-corrected chi connectivity index (χ3v) is 4.32. The Morgan fingerprint density at radius 2 is 1.64 bits per heavy atom. The largest absolute Gasteiger partial charge is 0.437 e. The number of rotatable bonds is 4. The molecule has 25 heavy (non-hydrogen) atoms. The second kappa shape index (κ2) is 6.78. The van der Waals surface area contributed by atoms with E-state index in [9.17, 15) is 0 Å². The van der Waals surface area contributed by atoms with Crippen LogP contribution in [0.15, 0.2) is 77.2 Å². The SMILES string of the molecule is CCc1ccc(/C=C/c2nc3cc(-c4ccccc4)ccc3o2)cc1. The van der Waals surface area contributed by atoms with E-state index in [4.69, 9.17) is 4.42 Å². The Morgan fingerprint density at radius 3 is 2.40 bits per heavy atom. The van der Waals surface area contributed by atoms with Crippen LogP contribution < -0.4 is 0 Å². The topological polar surface area (TPSA) is 26.0 Å². The average Bonchev–Trinajstić information content (AvgIpc) is 3.09. The summed E-state index contributed by atoms with van der Waals surface area (Å²) in [5.74, 6) is 0.625. The second-order valence-electron chi connectivity index (χ2n) is 6.03. The van der Waals surface area contributed by atoms with Gasteiger partial charge < -0.3 is 4.42 Å². The molecule has 4 aromatic rings. The van der Waals surface area contributed by atoms with Crippen molar-refractivity contribution in [2.45, 2.75) is 13.3 Å². The molecular formula is C23H19NO. The Kier molecular flexibility index (Phi) is 4.17. The first-order valence-corrected chi connectivity index (χ1v) is 8.55. The molecule has 0 fully saturated rings. The highest BCUT2D eigenvalue weighted by Gasteiger charge is 2.05. The molecule has 2 nitrogen and oxygen atoms in total. The highest BCUT2D eigenvalue weighted by molar-refractivity contribution is 5.82. The minimum absolute atomic E-state index is 0.625. The Hall–Kier alpha value is -3.13. The molecule has 0 bridgehead atoms. The summed E-state index contributed by atoms with van der Waals surface area (Å²) in [6.45, 7) is 2.16. The third kappa shape index (κ3) is 3.38. The molecule has 3 aromatic carbocycles. The van der Waals surface area contributed by atoms with E-state index >= 15 is 0 Å². The molecule has 0 N–H and O–H groups in total. The summed E-state index contributed by atoms with van der Waals surface area (Å²) in [5.41, 5.74) is 6.49. The predicted octanol–water partition coefficient (Wildman–Crippen LogP) is 6.23. The lowest BCUT2D eigenvalue weighted by atomic mass is 10.1. The van der Waals surface area contributed by atoms with Gasteiger partial charge in [-0.15, -0.1) is 0 Å². The molecule has 0 aliphatic heterocycles. The average molecular weight is 325 g/mol. The van der Waals surface area contributed by atoms with Gasteiger partial charge in [0.05, 0.1) is 0 Å². The van der Waals surface area contributed by atoms with Gasteiger partial charge in [-0.3, -0.25) is 0 Å². The molecule has 1 aromatic heterocycles. The molecule has 122 valence electrons. The summed E-state index contributed by atoms with van der Waals surface area (Å²) in [6, 6.07) is 25.0. The van der Waals surface area contributed by atoms with E-state index in [1.165, 1.54) is 11.1 Å². The molecule has 0 aliphatic rings. The fraction of sp³-hybridized carbons (Fsp3) is 0.0870. The van der Waals surface area contributed by atoms with Crippen molar-refractivity contribution < 1.29 is 4.42 Å². The van der Waals surface area contributed by atoms with Crippen LogP contribution in [0.3, 0.4) is 0 Å². The monoisotopic (exact) mass is 325 g/mol. The van der Waals surface area contributed by atoms with E-state index in [0.29, 0.717) is 5.89 Å². The highest BCUT2D eigenvalue weighted by Crippen LogP contribution is 2.25. The van der Waals surface area contributed by atoms with E-state index in [1.807, 2.05) is 36.4 Å². The van der Waals surface area contributed by atoms with Gasteiger partial charge in [-0.05, 0) is 46.9 Å². The van der Waals surface area contributed by atoms with Gasteiger partial charge in [0.15, 0.2) is 5.58 Å². The number of aromatic nitrogens is 1. The first-order valence-electron chi connectivity index (χ1n) is 8.55. The van der Waals surface area contributed by atoms with Gasteiger partial charge in [0.1, 0.15) is 5.52 Å². The molecule has 1 heterocycles. The molecule has 0 unspecified atom stereocenters. The van der Waals surface area contributed by atoms with Gasteiger partial charge in [-0.25, -0.2) is 4.98 Å². The van der Waals surface area contributed by atoms with Crippen molar-refractivity contribution in [3.63, 3.8) is 0 Å². The lowest BCUT2D eigenvalue weighted by Crippen LogP contribution is -1.79. The number of hydrogen-bond acceptors (Lipinski definition) is 2. The fourth-order valence-electron chi connectivity index (χ4n) is 2.86. The number of benzene rings is 3. The maximum Gasteiger partial charge on any atom is 0.220 e. The van der Waals surface area contributed by atoms with Crippen LogP contribution >= 0.6 is 0 Å². The van der Waals surface area contributed by atoms with Crippen LogP contribution in [-0.4, -0.2) is 4.98 Å². The van der Waals surface area contributed by atoms with Crippen molar-refractivity contribution in [1.29, 1.82) is 0 Å². The number of oxazole rings is 1. The zero-order valence-corrected chi connectivity index (χ0v) is 14.1. The third-order valence-electron chi connectivity index (χ3n) is 4.32. The summed E-state index contributed by atoms with van der Waals surface area (Å²) < 4.78 is 5.83. The minimum atomic E-state index is 0.625. The first kappa shape index (κ1) is 15.4. The van der Waals surface area contributed by atoms with Gasteiger partial charge in [0.25, 0.3) is 0 Å². The molecule has 0 radical (unpaired) electrons. The van der Waals surface area contributed by atoms with Crippen molar-refractivity contribution in [1.82, 2.24) is 4.98 Å². The van der Waals surface area contributed by atoms with E-state index in [-0.39, 0.29) is 0 Å². The minimum Gasteiger partial charge on any atom is -0.437 e. The van der Waals surface area contributed by atoms with Crippen molar-refractivity contribution in [2.24, 2.45) is 0 Å². The van der Waals surface area contributed by atoms with Gasteiger partial charge in [-0.1, -0.05) is 67.6 Å². The molecule has 0 spiro atoms. The zero-order chi connectivity index (χ0) is 17.1. The fourth-order valence-corrected chi connectivity index (χ4v) is 2.86. The molecule has 0 amide bonds. The van der Waals surface area contributed by atoms with Crippen molar-refractivity contribution in [3.05, 3.63) is 89.8 Å². The zero-order valence-electron chi connectivity index (χ0n) is 14.1. The number of fused-ring (bicyclic) bond motifs is 1. The molecule has 4 rings (SSSR count). The second-order valence-corrected chi connectivity index (χ2v) is 6.03. The maximum absolute atomic E-state index is 5.83.